The number of aliphatic carboxylic acids is 1. The average molecular weight is 299 g/mol. The van der Waals surface area contributed by atoms with Gasteiger partial charge in [-0.2, -0.15) is 0 Å². The van der Waals surface area contributed by atoms with Gasteiger partial charge in [-0.1, -0.05) is 35.3 Å². The Labute approximate surface area is 118 Å². The average Bonchev–Trinajstić information content (AvgIpc) is 2.83. The van der Waals surface area contributed by atoms with Crippen LogP contribution in [0.4, 0.5) is 0 Å². The van der Waals surface area contributed by atoms with Crippen LogP contribution in [-0.4, -0.2) is 11.1 Å². The van der Waals surface area contributed by atoms with Crippen LogP contribution in [0.5, 0.6) is 0 Å². The van der Waals surface area contributed by atoms with E-state index in [1.165, 1.54) is 17.4 Å². The van der Waals surface area contributed by atoms with Gasteiger partial charge in [-0.05, 0) is 29.1 Å². The van der Waals surface area contributed by atoms with E-state index in [9.17, 15) is 4.79 Å². The van der Waals surface area contributed by atoms with E-state index in [0.717, 1.165) is 10.4 Å². The molecule has 0 saturated heterocycles. The quantitative estimate of drug-likeness (QED) is 0.843. The van der Waals surface area contributed by atoms with E-state index in [1.54, 1.807) is 18.2 Å². The van der Waals surface area contributed by atoms with Crippen LogP contribution in [0, 0.1) is 0 Å². The number of carboxylic acid groups (broad SMARTS) is 1. The molecule has 0 radical (unpaired) electrons. The van der Waals surface area contributed by atoms with Crippen LogP contribution in [0.15, 0.2) is 41.8 Å². The Bertz CT molecular complexity index is 603. The molecule has 1 aromatic carbocycles. The van der Waals surface area contributed by atoms with Gasteiger partial charge in [0.15, 0.2) is 0 Å². The molecule has 0 aliphatic carbocycles. The number of carboxylic acids is 1. The third-order valence-electron chi connectivity index (χ3n) is 2.29. The van der Waals surface area contributed by atoms with Crippen molar-refractivity contribution in [3.8, 4) is 0 Å². The second kappa shape index (κ2) is 5.57. The van der Waals surface area contributed by atoms with Gasteiger partial charge in [0.1, 0.15) is 0 Å². The lowest BCUT2D eigenvalue weighted by Crippen LogP contribution is -1.93. The molecule has 0 saturated carbocycles. The summed E-state index contributed by atoms with van der Waals surface area (Å²) in [6, 6.07) is 8.80. The van der Waals surface area contributed by atoms with Crippen molar-refractivity contribution < 1.29 is 9.90 Å². The molecule has 0 amide bonds. The fraction of sp³-hybridized carbons (Fsp3) is 0. The third-order valence-corrected chi connectivity index (χ3v) is 3.93. The van der Waals surface area contributed by atoms with Crippen molar-refractivity contribution >= 4 is 46.1 Å². The molecule has 0 fully saturated rings. The van der Waals surface area contributed by atoms with Crippen molar-refractivity contribution in [3.05, 3.63) is 62.3 Å². The Kier molecular flexibility index (Phi) is 4.07. The predicted molar refractivity (Wildman–Crippen MR) is 75.5 cm³/mol. The SMILES string of the molecule is O=C(O)/C=C(/c1ccc(Cl)c(Cl)c1)c1cccs1. The van der Waals surface area contributed by atoms with Gasteiger partial charge in [-0.3, -0.25) is 0 Å². The van der Waals surface area contributed by atoms with Gasteiger partial charge in [0.05, 0.1) is 10.0 Å². The predicted octanol–water partition coefficient (Wildman–Crippen LogP) is 4.57. The fourth-order valence-electron chi connectivity index (χ4n) is 1.52. The molecule has 0 spiro atoms. The molecule has 1 N–H and O–H groups in total. The minimum Gasteiger partial charge on any atom is -0.478 e. The Hall–Kier alpha value is -1.29. The Morgan fingerprint density at radius 1 is 1.22 bits per heavy atom. The normalized spacial score (nSPS) is 11.6. The molecule has 0 aliphatic rings. The van der Waals surface area contributed by atoms with E-state index >= 15 is 0 Å². The van der Waals surface area contributed by atoms with Gasteiger partial charge in [0.25, 0.3) is 0 Å². The number of hydrogen-bond donors (Lipinski definition) is 1. The summed E-state index contributed by atoms with van der Waals surface area (Å²) in [4.78, 5) is 11.8. The van der Waals surface area contributed by atoms with E-state index in [0.29, 0.717) is 15.6 Å². The maximum absolute atomic E-state index is 10.9. The maximum atomic E-state index is 10.9. The summed E-state index contributed by atoms with van der Waals surface area (Å²) < 4.78 is 0. The molecule has 5 heteroatoms. The number of halogens is 2. The Morgan fingerprint density at radius 3 is 2.56 bits per heavy atom. The monoisotopic (exact) mass is 298 g/mol. The van der Waals surface area contributed by atoms with E-state index in [4.69, 9.17) is 28.3 Å². The largest absolute Gasteiger partial charge is 0.478 e. The molecule has 1 aromatic heterocycles. The highest BCUT2D eigenvalue weighted by molar-refractivity contribution is 7.11. The van der Waals surface area contributed by atoms with Crippen molar-refractivity contribution in [1.82, 2.24) is 0 Å². The van der Waals surface area contributed by atoms with Crippen molar-refractivity contribution in [3.63, 3.8) is 0 Å². The lowest BCUT2D eigenvalue weighted by Gasteiger charge is -2.06. The molecule has 0 atom stereocenters. The highest BCUT2D eigenvalue weighted by Gasteiger charge is 2.10. The number of benzene rings is 1. The highest BCUT2D eigenvalue weighted by atomic mass is 35.5. The smallest absolute Gasteiger partial charge is 0.328 e. The fourth-order valence-corrected chi connectivity index (χ4v) is 2.58. The van der Waals surface area contributed by atoms with Crippen LogP contribution in [0.25, 0.3) is 5.57 Å². The Balaban J connectivity index is 2.54. The van der Waals surface area contributed by atoms with Crippen LogP contribution in [0.3, 0.4) is 0 Å². The van der Waals surface area contributed by atoms with E-state index in [-0.39, 0.29) is 0 Å². The van der Waals surface area contributed by atoms with Crippen LogP contribution in [0.2, 0.25) is 10.0 Å². The first kappa shape index (κ1) is 13.1. The summed E-state index contributed by atoms with van der Waals surface area (Å²) in [6.45, 7) is 0. The Morgan fingerprint density at radius 2 is 2.00 bits per heavy atom. The van der Waals surface area contributed by atoms with Crippen LogP contribution in [-0.2, 0) is 4.79 Å². The van der Waals surface area contributed by atoms with Gasteiger partial charge in [-0.15, -0.1) is 11.3 Å². The van der Waals surface area contributed by atoms with Gasteiger partial charge < -0.3 is 5.11 Å². The second-order valence-corrected chi connectivity index (χ2v) is 5.26. The second-order valence-electron chi connectivity index (χ2n) is 3.50. The van der Waals surface area contributed by atoms with Gasteiger partial charge in [0.2, 0.25) is 0 Å². The van der Waals surface area contributed by atoms with Crippen molar-refractivity contribution in [2.24, 2.45) is 0 Å². The summed E-state index contributed by atoms with van der Waals surface area (Å²) >= 11 is 13.3. The van der Waals surface area contributed by atoms with E-state index in [1.807, 2.05) is 17.5 Å². The number of thiophene rings is 1. The summed E-state index contributed by atoms with van der Waals surface area (Å²) in [6.07, 6.45) is 1.17. The first-order valence-electron chi connectivity index (χ1n) is 5.02. The first-order valence-corrected chi connectivity index (χ1v) is 6.65. The van der Waals surface area contributed by atoms with E-state index in [2.05, 4.69) is 0 Å². The number of hydrogen-bond acceptors (Lipinski definition) is 2. The topological polar surface area (TPSA) is 37.3 Å². The molecule has 0 unspecified atom stereocenters. The van der Waals surface area contributed by atoms with Crippen LogP contribution >= 0.6 is 34.5 Å². The zero-order valence-corrected chi connectivity index (χ0v) is 11.4. The molecular weight excluding hydrogens is 291 g/mol. The van der Waals surface area contributed by atoms with Crippen LogP contribution < -0.4 is 0 Å². The molecular formula is C13H8Cl2O2S. The maximum Gasteiger partial charge on any atom is 0.328 e. The third kappa shape index (κ3) is 2.93. The molecule has 2 nitrogen and oxygen atoms in total. The summed E-state index contributed by atoms with van der Waals surface area (Å²) in [5.74, 6) is -0.996. The van der Waals surface area contributed by atoms with Gasteiger partial charge in [-0.25, -0.2) is 4.79 Å². The van der Waals surface area contributed by atoms with Gasteiger partial charge >= 0.3 is 5.97 Å². The first-order chi connectivity index (χ1) is 8.58. The van der Waals surface area contributed by atoms with Gasteiger partial charge in [0, 0.05) is 16.5 Å². The van der Waals surface area contributed by atoms with Crippen LogP contribution in [0.1, 0.15) is 10.4 Å². The minimum atomic E-state index is -0.996. The molecule has 2 aromatic rings. The van der Waals surface area contributed by atoms with E-state index < -0.39 is 5.97 Å². The highest BCUT2D eigenvalue weighted by Crippen LogP contribution is 2.31. The standard InChI is InChI=1S/C13H8Cl2O2S/c14-10-4-3-8(6-11(10)15)9(7-13(16)17)12-2-1-5-18-12/h1-7H,(H,16,17)/b9-7-. The van der Waals surface area contributed by atoms with Crippen molar-refractivity contribution in [1.29, 1.82) is 0 Å². The summed E-state index contributed by atoms with van der Waals surface area (Å²) in [5, 5.41) is 11.7. The molecule has 2 rings (SSSR count). The molecule has 92 valence electrons. The molecule has 18 heavy (non-hydrogen) atoms. The molecule has 0 aliphatic heterocycles. The summed E-state index contributed by atoms with van der Waals surface area (Å²) in [7, 11) is 0. The summed E-state index contributed by atoms with van der Waals surface area (Å²) in [5.41, 5.74) is 1.35. The van der Waals surface area contributed by atoms with Crippen molar-refractivity contribution in [2.45, 2.75) is 0 Å². The lowest BCUT2D eigenvalue weighted by atomic mass is 10.0. The zero-order valence-electron chi connectivity index (χ0n) is 9.06. The van der Waals surface area contributed by atoms with Crippen molar-refractivity contribution in [2.75, 3.05) is 0 Å². The molecule has 0 bridgehead atoms. The zero-order chi connectivity index (χ0) is 13.1. The molecule has 1 heterocycles. The number of rotatable bonds is 3. The number of carbonyl (C=O) groups is 1. The minimum absolute atomic E-state index is 0.405. The lowest BCUT2D eigenvalue weighted by molar-refractivity contribution is -0.131.